The molecule has 2 fully saturated rings. The normalized spacial score (nSPS) is 24.8. The Labute approximate surface area is 195 Å². The van der Waals surface area contributed by atoms with Gasteiger partial charge in [0, 0.05) is 37.3 Å². The van der Waals surface area contributed by atoms with Crippen molar-refractivity contribution in [3.05, 3.63) is 58.0 Å². The van der Waals surface area contributed by atoms with Gasteiger partial charge in [-0.2, -0.15) is 0 Å². The second-order valence-corrected chi connectivity index (χ2v) is 9.32. The molecule has 2 bridgehead atoms. The number of hydrogen-bond donors (Lipinski definition) is 1. The highest BCUT2D eigenvalue weighted by Crippen LogP contribution is 2.36. The molecule has 3 atom stereocenters. The van der Waals surface area contributed by atoms with E-state index in [0.717, 1.165) is 22.6 Å². The number of hydrogen-bond acceptors (Lipinski definition) is 6. The standard InChI is InChI=1S/C24H24N4O6/c29-21-3-1-2-18-16-6-15(11-27(18)21)9-26(12-16)22(30)8-17-23(31)28(24(32)25-17)10-14-4-5-19-20(7-14)34-13-33-19/h1-5,7,15-17H,6,8-13H2,(H,25,32)/t15?,16?,17-/m0/s1. The Morgan fingerprint density at radius 3 is 2.76 bits per heavy atom. The van der Waals surface area contributed by atoms with Crippen molar-refractivity contribution in [2.75, 3.05) is 19.9 Å². The van der Waals surface area contributed by atoms with Gasteiger partial charge in [0.2, 0.25) is 12.7 Å². The van der Waals surface area contributed by atoms with Crippen LogP contribution in [0.15, 0.2) is 41.2 Å². The molecule has 4 aliphatic heterocycles. The zero-order valence-electron chi connectivity index (χ0n) is 18.4. The number of piperidine rings is 1. The van der Waals surface area contributed by atoms with Gasteiger partial charge >= 0.3 is 6.03 Å². The summed E-state index contributed by atoms with van der Waals surface area (Å²) in [5.41, 5.74) is 1.69. The van der Waals surface area contributed by atoms with Gasteiger partial charge in [0.1, 0.15) is 6.04 Å². The maximum Gasteiger partial charge on any atom is 0.325 e. The van der Waals surface area contributed by atoms with E-state index in [0.29, 0.717) is 31.1 Å². The van der Waals surface area contributed by atoms with Crippen LogP contribution in [0, 0.1) is 5.92 Å². The third-order valence-corrected chi connectivity index (χ3v) is 7.10. The van der Waals surface area contributed by atoms with E-state index < -0.39 is 18.0 Å². The number of imide groups is 1. The van der Waals surface area contributed by atoms with Gasteiger partial charge in [-0.15, -0.1) is 0 Å². The highest BCUT2D eigenvalue weighted by atomic mass is 16.7. The number of likely N-dealkylation sites (tertiary alicyclic amines) is 1. The molecule has 6 rings (SSSR count). The van der Waals surface area contributed by atoms with Gasteiger partial charge in [-0.25, -0.2) is 4.79 Å². The number of nitrogens with one attached hydrogen (secondary N) is 1. The summed E-state index contributed by atoms with van der Waals surface area (Å²) >= 11 is 0. The van der Waals surface area contributed by atoms with E-state index >= 15 is 0 Å². The van der Waals surface area contributed by atoms with Crippen LogP contribution in [0.4, 0.5) is 4.79 Å². The van der Waals surface area contributed by atoms with Gasteiger partial charge in [0.25, 0.3) is 11.5 Å². The average Bonchev–Trinajstić information content (AvgIpc) is 3.39. The zero-order valence-corrected chi connectivity index (χ0v) is 18.4. The molecule has 0 spiro atoms. The number of amides is 4. The molecule has 1 N–H and O–H groups in total. The largest absolute Gasteiger partial charge is 0.454 e. The molecule has 0 radical (unpaired) electrons. The zero-order chi connectivity index (χ0) is 23.4. The second kappa shape index (κ2) is 7.89. The third kappa shape index (κ3) is 3.49. The molecular weight excluding hydrogens is 440 g/mol. The van der Waals surface area contributed by atoms with E-state index in [1.54, 1.807) is 35.2 Å². The van der Waals surface area contributed by atoms with Crippen molar-refractivity contribution in [3.8, 4) is 11.5 Å². The van der Waals surface area contributed by atoms with Crippen molar-refractivity contribution >= 4 is 17.8 Å². The minimum absolute atomic E-state index is 0.00575. The van der Waals surface area contributed by atoms with E-state index in [9.17, 15) is 19.2 Å². The molecule has 0 aliphatic carbocycles. The van der Waals surface area contributed by atoms with Crippen LogP contribution < -0.4 is 20.3 Å². The molecule has 2 aromatic rings. The van der Waals surface area contributed by atoms with Crippen LogP contribution in [-0.4, -0.2) is 58.1 Å². The summed E-state index contributed by atoms with van der Waals surface area (Å²) in [7, 11) is 0. The summed E-state index contributed by atoms with van der Waals surface area (Å²) in [5, 5.41) is 2.66. The molecule has 0 saturated carbocycles. The molecule has 2 saturated heterocycles. The van der Waals surface area contributed by atoms with Crippen molar-refractivity contribution in [1.82, 2.24) is 19.7 Å². The quantitative estimate of drug-likeness (QED) is 0.677. The number of carbonyl (C=O) groups is 3. The number of nitrogens with zero attached hydrogens (tertiary/aromatic N) is 3. The molecule has 4 amide bonds. The van der Waals surface area contributed by atoms with E-state index in [1.165, 1.54) is 0 Å². The fourth-order valence-corrected chi connectivity index (χ4v) is 5.49. The summed E-state index contributed by atoms with van der Waals surface area (Å²) in [4.78, 5) is 53.7. The summed E-state index contributed by atoms with van der Waals surface area (Å²) in [6.07, 6.45) is 0.860. The van der Waals surface area contributed by atoms with Gasteiger partial charge in [-0.1, -0.05) is 12.1 Å². The Morgan fingerprint density at radius 1 is 1.03 bits per heavy atom. The number of pyridine rings is 1. The van der Waals surface area contributed by atoms with Crippen molar-refractivity contribution in [2.24, 2.45) is 5.92 Å². The lowest BCUT2D eigenvalue weighted by Gasteiger charge is -2.43. The monoisotopic (exact) mass is 464 g/mol. The van der Waals surface area contributed by atoms with Gasteiger partial charge in [-0.3, -0.25) is 19.3 Å². The lowest BCUT2D eigenvalue weighted by Crippen LogP contribution is -2.50. The number of fused-ring (bicyclic) bond motifs is 5. The number of ether oxygens (including phenoxy) is 2. The first-order valence-corrected chi connectivity index (χ1v) is 11.4. The first kappa shape index (κ1) is 20.8. The summed E-state index contributed by atoms with van der Waals surface area (Å²) in [6.45, 7) is 1.89. The van der Waals surface area contributed by atoms with Gasteiger partial charge in [-0.05, 0) is 36.1 Å². The first-order chi connectivity index (χ1) is 16.5. The van der Waals surface area contributed by atoms with Crippen molar-refractivity contribution < 1.29 is 23.9 Å². The number of rotatable bonds is 4. The molecule has 5 heterocycles. The molecule has 1 aromatic carbocycles. The molecule has 34 heavy (non-hydrogen) atoms. The van der Waals surface area contributed by atoms with Crippen LogP contribution in [0.5, 0.6) is 11.5 Å². The highest BCUT2D eigenvalue weighted by Gasteiger charge is 2.42. The van der Waals surface area contributed by atoms with Crippen molar-refractivity contribution in [3.63, 3.8) is 0 Å². The predicted octanol–water partition coefficient (Wildman–Crippen LogP) is 1.03. The Bertz CT molecular complexity index is 1260. The van der Waals surface area contributed by atoms with Crippen LogP contribution in [-0.2, 0) is 22.7 Å². The Morgan fingerprint density at radius 2 is 1.88 bits per heavy atom. The van der Waals surface area contributed by atoms with Crippen molar-refractivity contribution in [1.29, 1.82) is 0 Å². The van der Waals surface area contributed by atoms with E-state index in [1.807, 2.05) is 10.6 Å². The molecule has 10 heteroatoms. The molecule has 4 aliphatic rings. The minimum Gasteiger partial charge on any atom is -0.454 e. The smallest absolute Gasteiger partial charge is 0.325 e. The Kier molecular flexibility index (Phi) is 4.82. The Balaban J connectivity index is 1.12. The van der Waals surface area contributed by atoms with Gasteiger partial charge < -0.3 is 24.3 Å². The summed E-state index contributed by atoms with van der Waals surface area (Å²) in [5.74, 6) is 0.933. The fraction of sp³-hybridized carbons (Fsp3) is 0.417. The lowest BCUT2D eigenvalue weighted by atomic mass is 9.83. The molecule has 2 unspecified atom stereocenters. The highest BCUT2D eigenvalue weighted by molar-refractivity contribution is 6.05. The number of benzene rings is 1. The van der Waals surface area contributed by atoms with Crippen LogP contribution in [0.25, 0.3) is 0 Å². The first-order valence-electron chi connectivity index (χ1n) is 11.4. The van der Waals surface area contributed by atoms with Gasteiger partial charge in [0.15, 0.2) is 11.5 Å². The van der Waals surface area contributed by atoms with E-state index in [-0.39, 0.29) is 43.1 Å². The fourth-order valence-electron chi connectivity index (χ4n) is 5.49. The van der Waals surface area contributed by atoms with E-state index in [4.69, 9.17) is 9.47 Å². The summed E-state index contributed by atoms with van der Waals surface area (Å²) in [6, 6.07) is 9.16. The van der Waals surface area contributed by atoms with Crippen LogP contribution >= 0.6 is 0 Å². The number of carbonyl (C=O) groups excluding carboxylic acids is 3. The topological polar surface area (TPSA) is 110 Å². The Hall–Kier alpha value is -3.82. The number of aromatic nitrogens is 1. The van der Waals surface area contributed by atoms with Gasteiger partial charge in [0.05, 0.1) is 13.0 Å². The minimum atomic E-state index is -0.884. The predicted molar refractivity (Wildman–Crippen MR) is 118 cm³/mol. The third-order valence-electron chi connectivity index (χ3n) is 7.10. The van der Waals surface area contributed by atoms with Crippen LogP contribution in [0.2, 0.25) is 0 Å². The molecule has 176 valence electrons. The average molecular weight is 464 g/mol. The molecule has 1 aromatic heterocycles. The number of urea groups is 1. The van der Waals surface area contributed by atoms with Crippen LogP contribution in [0.3, 0.4) is 0 Å². The van der Waals surface area contributed by atoms with E-state index in [2.05, 4.69) is 5.32 Å². The second-order valence-electron chi connectivity index (χ2n) is 9.32. The maximum atomic E-state index is 13.1. The molecule has 10 nitrogen and oxygen atoms in total. The lowest BCUT2D eigenvalue weighted by molar-refractivity contribution is -0.137. The van der Waals surface area contributed by atoms with Crippen LogP contribution in [0.1, 0.15) is 30.0 Å². The summed E-state index contributed by atoms with van der Waals surface area (Å²) < 4.78 is 12.5. The maximum absolute atomic E-state index is 13.1. The van der Waals surface area contributed by atoms with Crippen molar-refractivity contribution in [2.45, 2.75) is 37.9 Å². The SMILES string of the molecule is O=C(C[C@@H]1NC(=O)N(Cc2ccc3c(c2)OCO3)C1=O)N1CC2CC(C1)c1cccc(=O)n1C2. The molecular formula is C24H24N4O6.